The average molecular weight is 512 g/mol. The standard InChI is InChI=1S/C29H25N3O4S/c1-20(21-11-3-2-4-12-21)30-29(34)24-15-5-8-16-25(24)31-28(33)19-32-26-17-9-6-13-22(26)23-14-7-10-18-27(23)37(32,35)36/h2-18,20H,19H2,1H3,(H,30,34)(H,31,33). The van der Waals surface area contributed by atoms with Crippen molar-refractivity contribution in [2.24, 2.45) is 0 Å². The van der Waals surface area contributed by atoms with Crippen molar-refractivity contribution in [1.29, 1.82) is 0 Å². The van der Waals surface area contributed by atoms with E-state index in [0.717, 1.165) is 15.4 Å². The zero-order valence-electron chi connectivity index (χ0n) is 20.1. The Bertz CT molecular complexity index is 1590. The highest BCUT2D eigenvalue weighted by molar-refractivity contribution is 7.93. The number of rotatable bonds is 6. The Balaban J connectivity index is 1.38. The maximum atomic E-state index is 13.5. The highest BCUT2D eigenvalue weighted by atomic mass is 32.2. The topological polar surface area (TPSA) is 95.6 Å². The second-order valence-electron chi connectivity index (χ2n) is 8.72. The number of fused-ring (bicyclic) bond motifs is 3. The molecule has 0 aliphatic carbocycles. The normalized spacial score (nSPS) is 14.1. The molecule has 8 heteroatoms. The van der Waals surface area contributed by atoms with Gasteiger partial charge in [-0.3, -0.25) is 13.9 Å². The summed E-state index contributed by atoms with van der Waals surface area (Å²) in [6.07, 6.45) is 0. The SMILES string of the molecule is CC(NC(=O)c1ccccc1NC(=O)CN1c2ccccc2-c2ccccc2S1(=O)=O)c1ccccc1. The fourth-order valence-electron chi connectivity index (χ4n) is 4.46. The minimum absolute atomic E-state index is 0.149. The van der Waals surface area contributed by atoms with Gasteiger partial charge in [0.1, 0.15) is 6.54 Å². The summed E-state index contributed by atoms with van der Waals surface area (Å²) in [6, 6.07) is 29.8. The number of hydrogen-bond acceptors (Lipinski definition) is 4. The smallest absolute Gasteiger partial charge is 0.265 e. The van der Waals surface area contributed by atoms with E-state index < -0.39 is 22.5 Å². The van der Waals surface area contributed by atoms with Crippen LogP contribution in [0.2, 0.25) is 0 Å². The van der Waals surface area contributed by atoms with Gasteiger partial charge in [0.25, 0.3) is 15.9 Å². The first-order valence-corrected chi connectivity index (χ1v) is 13.3. The van der Waals surface area contributed by atoms with E-state index in [4.69, 9.17) is 0 Å². The fraction of sp³-hybridized carbons (Fsp3) is 0.103. The number of hydrogen-bond donors (Lipinski definition) is 2. The van der Waals surface area contributed by atoms with Crippen molar-refractivity contribution < 1.29 is 18.0 Å². The van der Waals surface area contributed by atoms with E-state index in [9.17, 15) is 18.0 Å². The molecule has 0 radical (unpaired) electrons. The van der Waals surface area contributed by atoms with Crippen LogP contribution in [0.5, 0.6) is 0 Å². The van der Waals surface area contributed by atoms with Crippen molar-refractivity contribution in [3.63, 3.8) is 0 Å². The first-order valence-electron chi connectivity index (χ1n) is 11.8. The van der Waals surface area contributed by atoms with Crippen LogP contribution in [0.15, 0.2) is 108 Å². The van der Waals surface area contributed by atoms with Crippen molar-refractivity contribution in [3.8, 4) is 11.1 Å². The molecule has 1 unspecified atom stereocenters. The summed E-state index contributed by atoms with van der Waals surface area (Å²) in [4.78, 5) is 26.4. The van der Waals surface area contributed by atoms with Crippen molar-refractivity contribution in [1.82, 2.24) is 5.32 Å². The molecule has 7 nitrogen and oxygen atoms in total. The number of benzene rings is 4. The third-order valence-corrected chi connectivity index (χ3v) is 8.12. The molecule has 186 valence electrons. The summed E-state index contributed by atoms with van der Waals surface area (Å²) in [5, 5.41) is 5.69. The first kappa shape index (κ1) is 24.3. The molecule has 1 atom stereocenters. The molecular weight excluding hydrogens is 486 g/mol. The van der Waals surface area contributed by atoms with E-state index >= 15 is 0 Å². The molecule has 0 spiro atoms. The molecule has 4 aromatic carbocycles. The highest BCUT2D eigenvalue weighted by Crippen LogP contribution is 2.42. The second kappa shape index (κ2) is 9.91. The van der Waals surface area contributed by atoms with Crippen molar-refractivity contribution in [2.45, 2.75) is 17.9 Å². The third-order valence-electron chi connectivity index (χ3n) is 6.30. The molecule has 0 aromatic heterocycles. The molecule has 2 amide bonds. The van der Waals surface area contributed by atoms with Gasteiger partial charge >= 0.3 is 0 Å². The van der Waals surface area contributed by atoms with Gasteiger partial charge in [-0.15, -0.1) is 0 Å². The Kier molecular flexibility index (Phi) is 6.50. The Morgan fingerprint density at radius 3 is 2.19 bits per heavy atom. The molecule has 0 bridgehead atoms. The van der Waals surface area contributed by atoms with Gasteiger partial charge in [-0.1, -0.05) is 78.9 Å². The molecule has 1 aliphatic rings. The van der Waals surface area contributed by atoms with E-state index in [-0.39, 0.29) is 22.4 Å². The average Bonchev–Trinajstić information content (AvgIpc) is 2.92. The summed E-state index contributed by atoms with van der Waals surface area (Å²) >= 11 is 0. The van der Waals surface area contributed by atoms with Crippen molar-refractivity contribution in [2.75, 3.05) is 16.2 Å². The summed E-state index contributed by atoms with van der Waals surface area (Å²) < 4.78 is 28.0. The monoisotopic (exact) mass is 511 g/mol. The lowest BCUT2D eigenvalue weighted by Gasteiger charge is -2.31. The molecule has 0 saturated heterocycles. The summed E-state index contributed by atoms with van der Waals surface area (Å²) in [5.74, 6) is -0.911. The largest absolute Gasteiger partial charge is 0.345 e. The molecule has 1 heterocycles. The van der Waals surface area contributed by atoms with E-state index in [1.807, 2.05) is 49.4 Å². The number of para-hydroxylation sites is 2. The maximum absolute atomic E-state index is 13.5. The molecule has 5 rings (SSSR count). The van der Waals surface area contributed by atoms with E-state index in [1.54, 1.807) is 60.7 Å². The number of carbonyl (C=O) groups excluding carboxylic acids is 2. The molecule has 37 heavy (non-hydrogen) atoms. The summed E-state index contributed by atoms with van der Waals surface area (Å²) in [6.45, 7) is 1.44. The molecular formula is C29H25N3O4S. The van der Waals surface area contributed by atoms with Crippen LogP contribution in [-0.4, -0.2) is 26.8 Å². The van der Waals surface area contributed by atoms with Crippen molar-refractivity contribution in [3.05, 3.63) is 114 Å². The van der Waals surface area contributed by atoms with Gasteiger partial charge in [0.15, 0.2) is 0 Å². The Morgan fingerprint density at radius 2 is 1.41 bits per heavy atom. The Labute approximate surface area is 215 Å². The maximum Gasteiger partial charge on any atom is 0.265 e. The lowest BCUT2D eigenvalue weighted by Crippen LogP contribution is -2.40. The minimum Gasteiger partial charge on any atom is -0.345 e. The van der Waals surface area contributed by atoms with Crippen LogP contribution in [0, 0.1) is 0 Å². The molecule has 4 aromatic rings. The van der Waals surface area contributed by atoms with Gasteiger partial charge in [-0.05, 0) is 36.8 Å². The van der Waals surface area contributed by atoms with Crippen LogP contribution in [0.1, 0.15) is 28.9 Å². The zero-order valence-corrected chi connectivity index (χ0v) is 20.9. The number of carbonyl (C=O) groups is 2. The zero-order chi connectivity index (χ0) is 26.0. The van der Waals surface area contributed by atoms with Gasteiger partial charge in [0.05, 0.1) is 27.9 Å². The minimum atomic E-state index is -3.96. The Morgan fingerprint density at radius 1 is 0.784 bits per heavy atom. The van der Waals surface area contributed by atoms with Gasteiger partial charge in [-0.2, -0.15) is 0 Å². The van der Waals surface area contributed by atoms with Gasteiger partial charge in [-0.25, -0.2) is 8.42 Å². The van der Waals surface area contributed by atoms with Crippen LogP contribution in [-0.2, 0) is 14.8 Å². The molecule has 2 N–H and O–H groups in total. The lowest BCUT2D eigenvalue weighted by molar-refractivity contribution is -0.114. The number of amides is 2. The molecule has 1 aliphatic heterocycles. The van der Waals surface area contributed by atoms with Gasteiger partial charge in [0, 0.05) is 11.1 Å². The van der Waals surface area contributed by atoms with Gasteiger partial charge < -0.3 is 10.6 Å². The van der Waals surface area contributed by atoms with E-state index in [2.05, 4.69) is 10.6 Å². The Hall–Kier alpha value is -4.43. The van der Waals surface area contributed by atoms with E-state index in [0.29, 0.717) is 16.9 Å². The number of nitrogens with zero attached hydrogens (tertiary/aromatic N) is 1. The van der Waals surface area contributed by atoms with Crippen LogP contribution < -0.4 is 14.9 Å². The van der Waals surface area contributed by atoms with E-state index in [1.165, 1.54) is 0 Å². The van der Waals surface area contributed by atoms with Crippen LogP contribution >= 0.6 is 0 Å². The third kappa shape index (κ3) is 4.71. The number of nitrogens with one attached hydrogen (secondary N) is 2. The number of sulfonamides is 1. The predicted octanol–water partition coefficient (Wildman–Crippen LogP) is 4.99. The van der Waals surface area contributed by atoms with Crippen LogP contribution in [0.4, 0.5) is 11.4 Å². The molecule has 0 saturated carbocycles. The molecule has 0 fully saturated rings. The van der Waals surface area contributed by atoms with Crippen LogP contribution in [0.3, 0.4) is 0 Å². The second-order valence-corrected chi connectivity index (χ2v) is 10.6. The number of anilines is 2. The fourth-order valence-corrected chi connectivity index (χ4v) is 6.11. The lowest BCUT2D eigenvalue weighted by atomic mass is 10.0. The summed E-state index contributed by atoms with van der Waals surface area (Å²) in [7, 11) is -3.96. The van der Waals surface area contributed by atoms with Crippen molar-refractivity contribution >= 4 is 33.2 Å². The quantitative estimate of drug-likeness (QED) is 0.381. The first-order chi connectivity index (χ1) is 17.9. The highest BCUT2D eigenvalue weighted by Gasteiger charge is 2.35. The van der Waals surface area contributed by atoms with Crippen LogP contribution in [0.25, 0.3) is 11.1 Å². The predicted molar refractivity (Wildman–Crippen MR) is 144 cm³/mol. The van der Waals surface area contributed by atoms with Gasteiger partial charge in [0.2, 0.25) is 5.91 Å². The summed E-state index contributed by atoms with van der Waals surface area (Å²) in [5.41, 5.74) is 3.30.